The Morgan fingerprint density at radius 3 is 2.26 bits per heavy atom. The van der Waals surface area contributed by atoms with E-state index in [0.29, 0.717) is 24.4 Å². The maximum atomic E-state index is 12.3. The van der Waals surface area contributed by atoms with Gasteiger partial charge in [-0.25, -0.2) is 9.59 Å². The van der Waals surface area contributed by atoms with E-state index in [1.54, 1.807) is 13.8 Å². The number of carbonyl (C=O) groups excluding carboxylic acids is 2. The molecule has 5 nitrogen and oxygen atoms in total. The fraction of sp³-hybridized carbons (Fsp3) is 0.444. The van der Waals surface area contributed by atoms with E-state index in [-0.39, 0.29) is 17.9 Å². The summed E-state index contributed by atoms with van der Waals surface area (Å²) in [6.07, 6.45) is 0.844. The van der Waals surface area contributed by atoms with Gasteiger partial charge in [-0.3, -0.25) is 0 Å². The Morgan fingerprint density at radius 2 is 1.65 bits per heavy atom. The van der Waals surface area contributed by atoms with Crippen LogP contribution in [0.4, 0.5) is 5.69 Å². The molecule has 1 fully saturated rings. The van der Waals surface area contributed by atoms with Crippen molar-refractivity contribution in [1.82, 2.24) is 0 Å². The number of esters is 2. The van der Waals surface area contributed by atoms with Gasteiger partial charge >= 0.3 is 11.9 Å². The molecular formula is C18H21NO4. The lowest BCUT2D eigenvalue weighted by molar-refractivity contribution is -0.144. The Kier molecular flexibility index (Phi) is 4.37. The minimum atomic E-state index is -0.403. The van der Waals surface area contributed by atoms with E-state index in [4.69, 9.17) is 9.47 Å². The normalized spacial score (nSPS) is 22.4. The summed E-state index contributed by atoms with van der Waals surface area (Å²) in [6.45, 7) is 4.94. The van der Waals surface area contributed by atoms with Gasteiger partial charge in [0.2, 0.25) is 0 Å². The SMILES string of the molecule is CCOC(=O)C1=C(C(=O)OCC)[C@@H]2CCN(c3ccccc3)[C@H]12. The zero-order chi connectivity index (χ0) is 16.4. The first kappa shape index (κ1) is 15.6. The third-order valence-corrected chi connectivity index (χ3v) is 4.43. The van der Waals surface area contributed by atoms with E-state index >= 15 is 0 Å². The van der Waals surface area contributed by atoms with Gasteiger partial charge in [0.15, 0.2) is 0 Å². The fourth-order valence-electron chi connectivity index (χ4n) is 3.53. The quantitative estimate of drug-likeness (QED) is 0.781. The molecule has 122 valence electrons. The molecule has 0 spiro atoms. The van der Waals surface area contributed by atoms with Crippen molar-refractivity contribution in [3.8, 4) is 0 Å². The number of ether oxygens (including phenoxy) is 2. The molecule has 2 aliphatic rings. The highest BCUT2D eigenvalue weighted by molar-refractivity contribution is 6.06. The zero-order valence-corrected chi connectivity index (χ0v) is 13.5. The van der Waals surface area contributed by atoms with E-state index in [9.17, 15) is 9.59 Å². The van der Waals surface area contributed by atoms with E-state index in [1.807, 2.05) is 30.3 Å². The predicted molar refractivity (Wildman–Crippen MR) is 86.0 cm³/mol. The lowest BCUT2D eigenvalue weighted by atomic mass is 9.72. The molecule has 1 aromatic carbocycles. The van der Waals surface area contributed by atoms with E-state index in [2.05, 4.69) is 4.90 Å². The molecule has 0 bridgehead atoms. The minimum Gasteiger partial charge on any atom is -0.463 e. The maximum absolute atomic E-state index is 12.3. The van der Waals surface area contributed by atoms with Crippen LogP contribution < -0.4 is 4.90 Å². The molecule has 0 unspecified atom stereocenters. The van der Waals surface area contributed by atoms with Gasteiger partial charge < -0.3 is 14.4 Å². The molecule has 23 heavy (non-hydrogen) atoms. The largest absolute Gasteiger partial charge is 0.463 e. The van der Waals surface area contributed by atoms with Crippen molar-refractivity contribution in [2.45, 2.75) is 26.3 Å². The summed E-state index contributed by atoms with van der Waals surface area (Å²) < 4.78 is 10.3. The summed E-state index contributed by atoms with van der Waals surface area (Å²) in [5, 5.41) is 0. The fourth-order valence-corrected chi connectivity index (χ4v) is 3.53. The van der Waals surface area contributed by atoms with E-state index in [0.717, 1.165) is 18.7 Å². The molecule has 1 saturated heterocycles. The lowest BCUT2D eigenvalue weighted by Crippen LogP contribution is -2.48. The number of hydrogen-bond acceptors (Lipinski definition) is 5. The van der Waals surface area contributed by atoms with Gasteiger partial charge in [0.25, 0.3) is 0 Å². The second-order valence-corrected chi connectivity index (χ2v) is 5.64. The molecule has 2 atom stereocenters. The molecule has 1 aliphatic carbocycles. The van der Waals surface area contributed by atoms with E-state index in [1.165, 1.54) is 0 Å². The Bertz CT molecular complexity index is 638. The van der Waals surface area contributed by atoms with Crippen molar-refractivity contribution in [3.63, 3.8) is 0 Å². The van der Waals surface area contributed by atoms with Gasteiger partial charge in [0.1, 0.15) is 0 Å². The number of anilines is 1. The van der Waals surface area contributed by atoms with E-state index < -0.39 is 5.97 Å². The van der Waals surface area contributed by atoms with Gasteiger partial charge in [-0.2, -0.15) is 0 Å². The highest BCUT2D eigenvalue weighted by atomic mass is 16.5. The molecule has 0 aromatic heterocycles. The number of fused-ring (bicyclic) bond motifs is 1. The summed E-state index contributed by atoms with van der Waals surface area (Å²) >= 11 is 0. The molecule has 0 amide bonds. The number of para-hydroxylation sites is 1. The van der Waals surface area contributed by atoms with Crippen LogP contribution in [0.3, 0.4) is 0 Å². The third-order valence-electron chi connectivity index (χ3n) is 4.43. The van der Waals surface area contributed by atoms with Crippen LogP contribution in [-0.4, -0.2) is 37.7 Å². The number of benzene rings is 1. The summed E-state index contributed by atoms with van der Waals surface area (Å²) in [6, 6.07) is 9.86. The van der Waals surface area contributed by atoms with Gasteiger partial charge in [-0.15, -0.1) is 0 Å². The lowest BCUT2D eigenvalue weighted by Gasteiger charge is -2.39. The highest BCUT2D eigenvalue weighted by Gasteiger charge is 2.54. The first-order valence-corrected chi connectivity index (χ1v) is 8.09. The minimum absolute atomic E-state index is 0.0497. The van der Waals surface area contributed by atoms with Crippen LogP contribution >= 0.6 is 0 Å². The zero-order valence-electron chi connectivity index (χ0n) is 13.5. The van der Waals surface area contributed by atoms with Gasteiger partial charge in [-0.1, -0.05) is 18.2 Å². The first-order valence-electron chi connectivity index (χ1n) is 8.09. The molecule has 0 saturated carbocycles. The summed E-state index contributed by atoms with van der Waals surface area (Å²) in [4.78, 5) is 26.8. The van der Waals surface area contributed by atoms with Crippen LogP contribution in [0.2, 0.25) is 0 Å². The number of rotatable bonds is 5. The number of nitrogens with zero attached hydrogens (tertiary/aromatic N) is 1. The molecule has 1 aromatic rings. The predicted octanol–water partition coefficient (Wildman–Crippen LogP) is 2.32. The van der Waals surface area contributed by atoms with Crippen LogP contribution in [0, 0.1) is 5.92 Å². The van der Waals surface area contributed by atoms with Gasteiger partial charge in [0, 0.05) is 18.2 Å². The molecule has 5 heteroatoms. The average Bonchev–Trinajstić information content (AvgIpc) is 2.88. The Labute approximate surface area is 135 Å². The van der Waals surface area contributed by atoms with Crippen LogP contribution in [0.1, 0.15) is 20.3 Å². The second-order valence-electron chi connectivity index (χ2n) is 5.64. The Balaban J connectivity index is 1.94. The summed E-state index contributed by atoms with van der Waals surface area (Å²) in [5.41, 5.74) is 2.04. The van der Waals surface area contributed by atoms with Crippen molar-refractivity contribution in [2.24, 2.45) is 5.92 Å². The molecule has 1 aliphatic heterocycles. The highest BCUT2D eigenvalue weighted by Crippen LogP contribution is 2.48. The summed E-state index contributed by atoms with van der Waals surface area (Å²) in [7, 11) is 0. The third kappa shape index (κ3) is 2.60. The van der Waals surface area contributed by atoms with Crippen molar-refractivity contribution in [3.05, 3.63) is 41.5 Å². The molecular weight excluding hydrogens is 294 g/mol. The van der Waals surface area contributed by atoms with Crippen molar-refractivity contribution < 1.29 is 19.1 Å². The Hall–Kier alpha value is -2.30. The van der Waals surface area contributed by atoms with Gasteiger partial charge in [0.05, 0.1) is 30.4 Å². The van der Waals surface area contributed by atoms with Crippen LogP contribution in [0.15, 0.2) is 41.5 Å². The van der Waals surface area contributed by atoms with Crippen LogP contribution in [0.5, 0.6) is 0 Å². The smallest absolute Gasteiger partial charge is 0.336 e. The monoisotopic (exact) mass is 315 g/mol. The topological polar surface area (TPSA) is 55.8 Å². The van der Waals surface area contributed by atoms with Crippen molar-refractivity contribution in [2.75, 3.05) is 24.7 Å². The maximum Gasteiger partial charge on any atom is 0.336 e. The van der Waals surface area contributed by atoms with Crippen LogP contribution in [0.25, 0.3) is 0 Å². The van der Waals surface area contributed by atoms with Gasteiger partial charge in [-0.05, 0) is 32.4 Å². The van der Waals surface area contributed by atoms with Crippen LogP contribution in [-0.2, 0) is 19.1 Å². The first-order chi connectivity index (χ1) is 11.2. The standard InChI is InChI=1S/C18H21NO4/c1-3-22-17(20)14-13-10-11-19(12-8-6-5-7-9-12)16(13)15(14)18(21)23-4-2/h5-9,13,16H,3-4,10-11H2,1-2H3/t13-,16-/m0/s1. The number of hydrogen-bond donors (Lipinski definition) is 0. The molecule has 1 heterocycles. The molecule has 3 rings (SSSR count). The molecule has 0 N–H and O–H groups in total. The number of carbonyl (C=O) groups is 2. The second kappa shape index (κ2) is 6.44. The van der Waals surface area contributed by atoms with Crippen molar-refractivity contribution >= 4 is 17.6 Å². The Morgan fingerprint density at radius 1 is 1.04 bits per heavy atom. The average molecular weight is 315 g/mol. The molecule has 0 radical (unpaired) electrons. The summed E-state index contributed by atoms with van der Waals surface area (Å²) in [5.74, 6) is -0.736. The van der Waals surface area contributed by atoms with Crippen molar-refractivity contribution in [1.29, 1.82) is 0 Å².